The highest BCUT2D eigenvalue weighted by Crippen LogP contribution is 2.25. The molecule has 0 amide bonds. The van der Waals surface area contributed by atoms with Crippen LogP contribution in [0.1, 0.15) is 12.0 Å². The van der Waals surface area contributed by atoms with Gasteiger partial charge in [-0.3, -0.25) is 0 Å². The van der Waals surface area contributed by atoms with Crippen molar-refractivity contribution in [3.63, 3.8) is 0 Å². The lowest BCUT2D eigenvalue weighted by Gasteiger charge is -2.04. The van der Waals surface area contributed by atoms with Crippen molar-refractivity contribution >= 4 is 23.2 Å². The summed E-state index contributed by atoms with van der Waals surface area (Å²) in [6, 6.07) is 2.79. The number of halogens is 3. The number of benzene rings is 1. The first kappa shape index (κ1) is 10.8. The van der Waals surface area contributed by atoms with Crippen LogP contribution in [0.3, 0.4) is 0 Å². The van der Waals surface area contributed by atoms with Crippen molar-refractivity contribution < 1.29 is 9.50 Å². The lowest BCUT2D eigenvalue weighted by molar-refractivity contribution is 0.288. The van der Waals surface area contributed by atoms with Gasteiger partial charge in [-0.1, -0.05) is 23.2 Å². The molecule has 0 aromatic heterocycles. The quantitative estimate of drug-likeness (QED) is 0.780. The van der Waals surface area contributed by atoms with E-state index in [0.29, 0.717) is 23.4 Å². The van der Waals surface area contributed by atoms with E-state index < -0.39 is 5.82 Å². The number of rotatable bonds is 3. The second-order valence-electron chi connectivity index (χ2n) is 2.69. The first-order valence-corrected chi connectivity index (χ1v) is 4.65. The molecule has 1 N–H and O–H groups in total. The normalized spacial score (nSPS) is 10.5. The molecular formula is C9H9Cl2FO. The van der Waals surface area contributed by atoms with Crippen LogP contribution in [0.15, 0.2) is 12.1 Å². The molecule has 0 unspecified atom stereocenters. The Labute approximate surface area is 86.1 Å². The van der Waals surface area contributed by atoms with E-state index in [1.165, 1.54) is 6.07 Å². The fourth-order valence-electron chi connectivity index (χ4n) is 1.06. The summed E-state index contributed by atoms with van der Waals surface area (Å²) >= 11 is 11.3. The van der Waals surface area contributed by atoms with Gasteiger partial charge in [0, 0.05) is 11.6 Å². The topological polar surface area (TPSA) is 20.2 Å². The van der Waals surface area contributed by atoms with E-state index in [4.69, 9.17) is 28.3 Å². The molecule has 4 heteroatoms. The van der Waals surface area contributed by atoms with Crippen molar-refractivity contribution in [2.45, 2.75) is 12.8 Å². The van der Waals surface area contributed by atoms with Crippen molar-refractivity contribution in [2.75, 3.05) is 6.61 Å². The lowest BCUT2D eigenvalue weighted by atomic mass is 10.1. The smallest absolute Gasteiger partial charge is 0.143 e. The fraction of sp³-hybridized carbons (Fsp3) is 0.333. The first-order valence-electron chi connectivity index (χ1n) is 3.89. The highest BCUT2D eigenvalue weighted by molar-refractivity contribution is 6.33. The molecule has 1 rings (SSSR count). The molecule has 13 heavy (non-hydrogen) atoms. The largest absolute Gasteiger partial charge is 0.396 e. The van der Waals surface area contributed by atoms with E-state index in [0.717, 1.165) is 0 Å². The van der Waals surface area contributed by atoms with Gasteiger partial charge in [0.1, 0.15) is 5.82 Å². The van der Waals surface area contributed by atoms with Crippen molar-refractivity contribution in [3.05, 3.63) is 33.6 Å². The molecule has 1 nitrogen and oxygen atoms in total. The molecule has 0 saturated heterocycles. The highest BCUT2D eigenvalue weighted by Gasteiger charge is 2.07. The van der Waals surface area contributed by atoms with Gasteiger partial charge >= 0.3 is 0 Å². The summed E-state index contributed by atoms with van der Waals surface area (Å²) in [7, 11) is 0. The van der Waals surface area contributed by atoms with Crippen LogP contribution < -0.4 is 0 Å². The van der Waals surface area contributed by atoms with Gasteiger partial charge in [-0.15, -0.1) is 0 Å². The molecule has 0 aliphatic rings. The van der Waals surface area contributed by atoms with E-state index >= 15 is 0 Å². The third-order valence-electron chi connectivity index (χ3n) is 1.67. The van der Waals surface area contributed by atoms with Gasteiger partial charge in [0.2, 0.25) is 0 Å². The number of hydrogen-bond donors (Lipinski definition) is 1. The third kappa shape index (κ3) is 2.83. The minimum Gasteiger partial charge on any atom is -0.396 e. The minimum atomic E-state index is -0.512. The monoisotopic (exact) mass is 222 g/mol. The molecule has 1 aromatic carbocycles. The summed E-state index contributed by atoms with van der Waals surface area (Å²) < 4.78 is 13.0. The minimum absolute atomic E-state index is 0.0600. The van der Waals surface area contributed by atoms with Crippen LogP contribution in [-0.4, -0.2) is 11.7 Å². The Morgan fingerprint density at radius 3 is 2.62 bits per heavy atom. The van der Waals surface area contributed by atoms with Crippen molar-refractivity contribution in [1.82, 2.24) is 0 Å². The fourth-order valence-corrected chi connectivity index (χ4v) is 1.49. The lowest BCUT2D eigenvalue weighted by Crippen LogP contribution is -1.92. The van der Waals surface area contributed by atoms with Gasteiger partial charge in [-0.25, -0.2) is 4.39 Å². The van der Waals surface area contributed by atoms with Crippen LogP contribution in [0, 0.1) is 5.82 Å². The molecule has 0 spiro atoms. The van der Waals surface area contributed by atoms with Crippen molar-refractivity contribution in [2.24, 2.45) is 0 Å². The summed E-state index contributed by atoms with van der Waals surface area (Å²) in [6.07, 6.45) is 1.09. The molecule has 0 aliphatic heterocycles. The van der Waals surface area contributed by atoms with Gasteiger partial charge in [-0.2, -0.15) is 0 Å². The van der Waals surface area contributed by atoms with Crippen LogP contribution >= 0.6 is 23.2 Å². The molecule has 0 atom stereocenters. The Hall–Kier alpha value is -0.310. The molecule has 0 aliphatic carbocycles. The van der Waals surface area contributed by atoms with Crippen LogP contribution in [0.5, 0.6) is 0 Å². The maximum Gasteiger partial charge on any atom is 0.143 e. The van der Waals surface area contributed by atoms with Gasteiger partial charge in [0.25, 0.3) is 0 Å². The predicted molar refractivity (Wildman–Crippen MR) is 51.8 cm³/mol. The maximum absolute atomic E-state index is 13.0. The molecular weight excluding hydrogens is 214 g/mol. The molecule has 0 fully saturated rings. The third-order valence-corrected chi connectivity index (χ3v) is 2.31. The second kappa shape index (κ2) is 4.80. The van der Waals surface area contributed by atoms with Crippen molar-refractivity contribution in [1.29, 1.82) is 0 Å². The Balaban J connectivity index is 2.92. The molecule has 0 radical (unpaired) electrons. The van der Waals surface area contributed by atoms with Crippen LogP contribution in [-0.2, 0) is 6.42 Å². The maximum atomic E-state index is 13.0. The van der Waals surface area contributed by atoms with E-state index in [1.54, 1.807) is 6.07 Å². The number of hydrogen-bond acceptors (Lipinski definition) is 1. The average molecular weight is 223 g/mol. The highest BCUT2D eigenvalue weighted by atomic mass is 35.5. The van der Waals surface area contributed by atoms with Crippen molar-refractivity contribution in [3.8, 4) is 0 Å². The van der Waals surface area contributed by atoms with E-state index in [2.05, 4.69) is 0 Å². The summed E-state index contributed by atoms with van der Waals surface area (Å²) in [5.41, 5.74) is 0.640. The number of aliphatic hydroxyl groups is 1. The number of aliphatic hydroxyl groups excluding tert-OH is 1. The second-order valence-corrected chi connectivity index (χ2v) is 3.50. The zero-order valence-electron chi connectivity index (χ0n) is 6.86. The van der Waals surface area contributed by atoms with E-state index in [9.17, 15) is 4.39 Å². The SMILES string of the molecule is OCCCc1cc(Cl)cc(F)c1Cl. The Morgan fingerprint density at radius 2 is 2.00 bits per heavy atom. The van der Waals surface area contributed by atoms with E-state index in [1.807, 2.05) is 0 Å². The summed E-state index contributed by atoms with van der Waals surface area (Å²) in [5.74, 6) is -0.512. The summed E-state index contributed by atoms with van der Waals surface area (Å²) in [4.78, 5) is 0. The molecule has 72 valence electrons. The van der Waals surface area contributed by atoms with Gasteiger partial charge < -0.3 is 5.11 Å². The average Bonchev–Trinajstić information content (AvgIpc) is 2.09. The summed E-state index contributed by atoms with van der Waals surface area (Å²) in [5, 5.41) is 9.01. The van der Waals surface area contributed by atoms with Crippen LogP contribution in [0.4, 0.5) is 4.39 Å². The molecule has 0 saturated carbocycles. The van der Waals surface area contributed by atoms with Crippen LogP contribution in [0.25, 0.3) is 0 Å². The van der Waals surface area contributed by atoms with Gasteiger partial charge in [0.15, 0.2) is 0 Å². The molecule has 1 aromatic rings. The van der Waals surface area contributed by atoms with Gasteiger partial charge in [-0.05, 0) is 30.5 Å². The standard InChI is InChI=1S/C9H9Cl2FO/c10-7-4-6(2-1-3-13)9(11)8(12)5-7/h4-5,13H,1-3H2. The zero-order chi connectivity index (χ0) is 9.84. The zero-order valence-corrected chi connectivity index (χ0v) is 8.37. The Morgan fingerprint density at radius 1 is 1.31 bits per heavy atom. The number of aryl methyl sites for hydroxylation is 1. The van der Waals surface area contributed by atoms with E-state index in [-0.39, 0.29) is 11.6 Å². The van der Waals surface area contributed by atoms with Crippen LogP contribution in [0.2, 0.25) is 10.0 Å². The Kier molecular flexibility index (Phi) is 3.97. The molecule has 0 heterocycles. The Bertz CT molecular complexity index is 302. The van der Waals surface area contributed by atoms with Gasteiger partial charge in [0.05, 0.1) is 5.02 Å². The first-order chi connectivity index (χ1) is 6.15. The predicted octanol–water partition coefficient (Wildman–Crippen LogP) is 3.06. The molecule has 0 bridgehead atoms. The summed E-state index contributed by atoms with van der Waals surface area (Å²) in [6.45, 7) is 0.0600.